The summed E-state index contributed by atoms with van der Waals surface area (Å²) in [7, 11) is 1.64. The Morgan fingerprint density at radius 1 is 1.19 bits per heavy atom. The third-order valence-electron chi connectivity index (χ3n) is 4.61. The van der Waals surface area contributed by atoms with E-state index in [9.17, 15) is 4.79 Å². The summed E-state index contributed by atoms with van der Waals surface area (Å²) < 4.78 is 11.1. The predicted molar refractivity (Wildman–Crippen MR) is 99.2 cm³/mol. The van der Waals surface area contributed by atoms with E-state index in [-0.39, 0.29) is 12.5 Å². The first-order chi connectivity index (χ1) is 12.6. The van der Waals surface area contributed by atoms with Crippen molar-refractivity contribution in [3.8, 4) is 11.6 Å². The van der Waals surface area contributed by atoms with Crippen LogP contribution in [0.4, 0.5) is 0 Å². The molecule has 1 aromatic heterocycles. The minimum atomic E-state index is -0.0610. The zero-order valence-electron chi connectivity index (χ0n) is 14.9. The van der Waals surface area contributed by atoms with Gasteiger partial charge in [-0.3, -0.25) is 4.79 Å². The molecule has 5 nitrogen and oxygen atoms in total. The number of hydrogen-bond acceptors (Lipinski definition) is 4. The summed E-state index contributed by atoms with van der Waals surface area (Å²) in [6.45, 7) is 2.98. The van der Waals surface area contributed by atoms with Crippen molar-refractivity contribution in [1.82, 2.24) is 9.88 Å². The van der Waals surface area contributed by atoms with Gasteiger partial charge >= 0.3 is 0 Å². The molecule has 4 rings (SSSR count). The summed E-state index contributed by atoms with van der Waals surface area (Å²) in [5.41, 5.74) is 3.94. The molecule has 1 amide bonds. The van der Waals surface area contributed by atoms with Crippen LogP contribution in [0.3, 0.4) is 0 Å². The lowest BCUT2D eigenvalue weighted by Gasteiger charge is -2.21. The van der Waals surface area contributed by atoms with Gasteiger partial charge in [0.1, 0.15) is 5.75 Å². The Morgan fingerprint density at radius 2 is 2.04 bits per heavy atom. The molecule has 5 heteroatoms. The normalized spacial score (nSPS) is 13.9. The summed E-state index contributed by atoms with van der Waals surface area (Å²) in [6, 6.07) is 15.9. The third-order valence-corrected chi connectivity index (χ3v) is 4.61. The van der Waals surface area contributed by atoms with Gasteiger partial charge < -0.3 is 14.4 Å². The molecule has 0 spiro atoms. The molecule has 0 aliphatic carbocycles. The summed E-state index contributed by atoms with van der Waals surface area (Å²) in [4.78, 5) is 19.0. The first kappa shape index (κ1) is 16.4. The maximum absolute atomic E-state index is 12.6. The van der Waals surface area contributed by atoms with E-state index in [1.807, 2.05) is 36.4 Å². The van der Waals surface area contributed by atoms with Crippen LogP contribution in [0, 0.1) is 6.92 Å². The molecule has 2 heterocycles. The maximum Gasteiger partial charge on any atom is 0.261 e. The summed E-state index contributed by atoms with van der Waals surface area (Å²) in [5, 5.41) is 1.05. The molecule has 0 saturated heterocycles. The number of amides is 1. The monoisotopic (exact) mass is 348 g/mol. The maximum atomic E-state index is 12.6. The van der Waals surface area contributed by atoms with Crippen molar-refractivity contribution in [2.75, 3.05) is 13.7 Å². The smallest absolute Gasteiger partial charge is 0.261 e. The number of methoxy groups -OCH3 is 1. The number of para-hydroxylation sites is 1. The molecule has 0 N–H and O–H groups in total. The first-order valence-electron chi connectivity index (χ1n) is 8.57. The van der Waals surface area contributed by atoms with Crippen LogP contribution in [0.15, 0.2) is 48.5 Å². The molecule has 0 atom stereocenters. The van der Waals surface area contributed by atoms with E-state index in [1.54, 1.807) is 12.0 Å². The molecule has 26 heavy (non-hydrogen) atoms. The van der Waals surface area contributed by atoms with Crippen LogP contribution >= 0.6 is 0 Å². The fourth-order valence-corrected chi connectivity index (χ4v) is 3.26. The number of rotatable bonds is 3. The minimum absolute atomic E-state index is 0.00742. The van der Waals surface area contributed by atoms with Crippen molar-refractivity contribution in [3.05, 3.63) is 65.2 Å². The number of ether oxygens (including phenoxy) is 2. The van der Waals surface area contributed by atoms with Crippen molar-refractivity contribution >= 4 is 16.8 Å². The number of carbonyl (C=O) groups excluding carboxylic acids is 1. The SMILES string of the molecule is COc1ccccc1CN1Cc2cc3cc(C)ccc3nc2OCC1=O. The number of aryl methyl sites for hydroxylation is 1. The summed E-state index contributed by atoms with van der Waals surface area (Å²) in [6.07, 6.45) is 0. The van der Waals surface area contributed by atoms with Gasteiger partial charge in [-0.25, -0.2) is 4.98 Å². The number of nitrogens with zero attached hydrogens (tertiary/aromatic N) is 2. The van der Waals surface area contributed by atoms with E-state index in [0.717, 1.165) is 27.8 Å². The molecule has 3 aromatic rings. The van der Waals surface area contributed by atoms with E-state index in [2.05, 4.69) is 24.0 Å². The quantitative estimate of drug-likeness (QED) is 0.727. The van der Waals surface area contributed by atoms with E-state index in [4.69, 9.17) is 9.47 Å². The van der Waals surface area contributed by atoms with Gasteiger partial charge in [0.2, 0.25) is 5.88 Å². The Balaban J connectivity index is 1.69. The second kappa shape index (κ2) is 6.67. The summed E-state index contributed by atoms with van der Waals surface area (Å²) in [5.74, 6) is 1.25. The van der Waals surface area contributed by atoms with E-state index in [1.165, 1.54) is 5.56 Å². The van der Waals surface area contributed by atoms with Gasteiger partial charge in [-0.05, 0) is 31.2 Å². The van der Waals surface area contributed by atoms with Crippen LogP contribution in [-0.2, 0) is 17.9 Å². The fourth-order valence-electron chi connectivity index (χ4n) is 3.26. The lowest BCUT2D eigenvalue weighted by atomic mass is 10.1. The van der Waals surface area contributed by atoms with Gasteiger partial charge in [0.15, 0.2) is 6.61 Å². The van der Waals surface area contributed by atoms with Crippen LogP contribution < -0.4 is 9.47 Å². The third kappa shape index (κ3) is 3.08. The second-order valence-corrected chi connectivity index (χ2v) is 6.50. The Hall–Kier alpha value is -3.08. The van der Waals surface area contributed by atoms with Crippen molar-refractivity contribution in [1.29, 1.82) is 0 Å². The van der Waals surface area contributed by atoms with Gasteiger partial charge in [-0.2, -0.15) is 0 Å². The molecule has 0 radical (unpaired) electrons. The summed E-state index contributed by atoms with van der Waals surface area (Å²) >= 11 is 0. The topological polar surface area (TPSA) is 51.7 Å². The zero-order valence-corrected chi connectivity index (χ0v) is 14.9. The Morgan fingerprint density at radius 3 is 2.88 bits per heavy atom. The Kier molecular flexibility index (Phi) is 4.21. The van der Waals surface area contributed by atoms with Crippen LogP contribution in [0.25, 0.3) is 10.9 Å². The number of fused-ring (bicyclic) bond motifs is 2. The Labute approximate surface area is 152 Å². The second-order valence-electron chi connectivity index (χ2n) is 6.50. The average molecular weight is 348 g/mol. The van der Waals surface area contributed by atoms with Gasteiger partial charge in [-0.15, -0.1) is 0 Å². The lowest BCUT2D eigenvalue weighted by Crippen LogP contribution is -2.32. The van der Waals surface area contributed by atoms with Crippen LogP contribution in [0.1, 0.15) is 16.7 Å². The molecule has 1 aliphatic rings. The van der Waals surface area contributed by atoms with E-state index < -0.39 is 0 Å². The molecule has 1 aliphatic heterocycles. The highest BCUT2D eigenvalue weighted by Crippen LogP contribution is 2.28. The van der Waals surface area contributed by atoms with Gasteiger partial charge in [0.25, 0.3) is 5.91 Å². The average Bonchev–Trinajstić information content (AvgIpc) is 2.79. The van der Waals surface area contributed by atoms with Gasteiger partial charge in [0, 0.05) is 23.1 Å². The molecule has 0 fully saturated rings. The molecular weight excluding hydrogens is 328 g/mol. The molecule has 2 aromatic carbocycles. The molecule has 0 saturated carbocycles. The van der Waals surface area contributed by atoms with E-state index in [0.29, 0.717) is 19.0 Å². The van der Waals surface area contributed by atoms with Crippen molar-refractivity contribution in [2.24, 2.45) is 0 Å². The fraction of sp³-hybridized carbons (Fsp3) is 0.238. The van der Waals surface area contributed by atoms with E-state index >= 15 is 0 Å². The molecule has 132 valence electrons. The zero-order chi connectivity index (χ0) is 18.1. The standard InChI is InChI=1S/C21H20N2O3/c1-14-7-8-18-16(9-14)10-17-12-23(20(24)13-26-21(17)22-18)11-15-5-3-4-6-19(15)25-2/h3-10H,11-13H2,1-2H3. The van der Waals surface area contributed by atoms with Crippen molar-refractivity contribution in [2.45, 2.75) is 20.0 Å². The lowest BCUT2D eigenvalue weighted by molar-refractivity contribution is -0.133. The highest BCUT2D eigenvalue weighted by atomic mass is 16.5. The largest absolute Gasteiger partial charge is 0.496 e. The molecule has 0 unspecified atom stereocenters. The predicted octanol–water partition coefficient (Wildman–Crippen LogP) is 3.47. The van der Waals surface area contributed by atoms with Gasteiger partial charge in [-0.1, -0.05) is 29.8 Å². The highest BCUT2D eigenvalue weighted by molar-refractivity contribution is 5.82. The molecule has 0 bridgehead atoms. The highest BCUT2D eigenvalue weighted by Gasteiger charge is 2.24. The van der Waals surface area contributed by atoms with Crippen LogP contribution in [0.2, 0.25) is 0 Å². The van der Waals surface area contributed by atoms with Crippen molar-refractivity contribution in [3.63, 3.8) is 0 Å². The van der Waals surface area contributed by atoms with Crippen molar-refractivity contribution < 1.29 is 14.3 Å². The van der Waals surface area contributed by atoms with Crippen LogP contribution in [-0.4, -0.2) is 29.5 Å². The number of carbonyl (C=O) groups is 1. The molecular formula is C21H20N2O3. The van der Waals surface area contributed by atoms with Crippen LogP contribution in [0.5, 0.6) is 11.6 Å². The number of aromatic nitrogens is 1. The number of pyridine rings is 1. The first-order valence-corrected chi connectivity index (χ1v) is 8.57. The minimum Gasteiger partial charge on any atom is -0.496 e. The Bertz CT molecular complexity index is 984. The number of hydrogen-bond donors (Lipinski definition) is 0. The van der Waals surface area contributed by atoms with Gasteiger partial charge in [0.05, 0.1) is 19.2 Å². The number of benzene rings is 2.